The molecule has 5 fully saturated rings. The van der Waals surface area contributed by atoms with E-state index in [0.29, 0.717) is 5.56 Å². The summed E-state index contributed by atoms with van der Waals surface area (Å²) in [6, 6.07) is 1.71. The van der Waals surface area contributed by atoms with Gasteiger partial charge in [-0.1, -0.05) is 13.8 Å². The number of epoxide rings is 1. The predicted molar refractivity (Wildman–Crippen MR) is 117 cm³/mol. The van der Waals surface area contributed by atoms with E-state index in [1.54, 1.807) is 26.8 Å². The zero-order valence-corrected chi connectivity index (χ0v) is 20.6. The minimum absolute atomic E-state index is 0.0207. The van der Waals surface area contributed by atoms with Gasteiger partial charge in [0.1, 0.15) is 23.1 Å². The highest BCUT2D eigenvalue weighted by Crippen LogP contribution is 2.78. The monoisotopic (exact) mass is 488 g/mol. The standard InChI is InChI=1S/C26H32O9/c1-22(2)14-8-16(29)25(5)18(24(14,4)15(28)9-17(30)34-22)13(27)10-23(3)19(12-6-7-32-11-12)33-21(31)20-26(23,25)35-20/h6-7,11,13-15,18-20,27-28H,8-10H2,1-5H3/t13-,14-,15+,18-,19+,20+,23-,24+,25-,26+/m1/s1. The first-order valence-electron chi connectivity index (χ1n) is 12.3. The van der Waals surface area contributed by atoms with Crippen molar-refractivity contribution in [3.05, 3.63) is 24.2 Å². The second-order valence-corrected chi connectivity index (χ2v) is 12.3. The van der Waals surface area contributed by atoms with Crippen LogP contribution in [0.15, 0.2) is 23.0 Å². The van der Waals surface area contributed by atoms with Crippen LogP contribution in [-0.2, 0) is 28.6 Å². The Labute approximate surface area is 203 Å². The molecule has 10 atom stereocenters. The molecule has 2 saturated carbocycles. The maximum Gasteiger partial charge on any atom is 0.339 e. The summed E-state index contributed by atoms with van der Waals surface area (Å²) in [4.78, 5) is 39.9. The molecule has 3 saturated heterocycles. The largest absolute Gasteiger partial charge is 0.472 e. The van der Waals surface area contributed by atoms with E-state index in [2.05, 4.69) is 0 Å². The maximum absolute atomic E-state index is 14.2. The van der Waals surface area contributed by atoms with Crippen molar-refractivity contribution < 1.29 is 43.2 Å². The number of furan rings is 1. The average Bonchev–Trinajstić information content (AvgIpc) is 3.34. The molecule has 2 aliphatic carbocycles. The molecular weight excluding hydrogens is 456 g/mol. The minimum atomic E-state index is -1.32. The lowest BCUT2D eigenvalue weighted by atomic mass is 9.36. The van der Waals surface area contributed by atoms with Gasteiger partial charge < -0.3 is 28.8 Å². The number of hydrogen-bond acceptors (Lipinski definition) is 9. The molecule has 0 radical (unpaired) electrons. The molecule has 0 bridgehead atoms. The van der Waals surface area contributed by atoms with Crippen LogP contribution in [0, 0.1) is 28.1 Å². The second-order valence-electron chi connectivity index (χ2n) is 12.3. The lowest BCUT2D eigenvalue weighted by Gasteiger charge is -2.67. The zero-order valence-electron chi connectivity index (χ0n) is 20.6. The number of cyclic esters (lactones) is 2. The molecule has 4 heterocycles. The third-order valence-electron chi connectivity index (χ3n) is 10.4. The number of aliphatic hydroxyl groups excluding tert-OH is 2. The molecule has 2 N–H and O–H groups in total. The van der Waals surface area contributed by atoms with E-state index in [9.17, 15) is 24.6 Å². The highest BCUT2D eigenvalue weighted by Gasteiger charge is 2.90. The minimum Gasteiger partial charge on any atom is -0.472 e. The van der Waals surface area contributed by atoms with Crippen molar-refractivity contribution in [3.63, 3.8) is 0 Å². The van der Waals surface area contributed by atoms with Crippen LogP contribution in [0.5, 0.6) is 0 Å². The van der Waals surface area contributed by atoms with Gasteiger partial charge in [0.2, 0.25) is 0 Å². The number of Topliss-reactive ketones (excluding diaryl/α,β-unsaturated/α-hetero) is 1. The smallest absolute Gasteiger partial charge is 0.339 e. The molecular formula is C26H32O9. The summed E-state index contributed by atoms with van der Waals surface area (Å²) in [5, 5.41) is 23.3. The Morgan fingerprint density at radius 3 is 2.37 bits per heavy atom. The van der Waals surface area contributed by atoms with E-state index in [4.69, 9.17) is 18.6 Å². The average molecular weight is 489 g/mol. The molecule has 3 aliphatic heterocycles. The van der Waals surface area contributed by atoms with Crippen LogP contribution in [0.2, 0.25) is 0 Å². The van der Waals surface area contributed by atoms with Crippen molar-refractivity contribution in [2.24, 2.45) is 28.1 Å². The van der Waals surface area contributed by atoms with Crippen LogP contribution >= 0.6 is 0 Å². The number of hydrogen-bond donors (Lipinski definition) is 2. The molecule has 0 unspecified atom stereocenters. The third-order valence-corrected chi connectivity index (χ3v) is 10.4. The van der Waals surface area contributed by atoms with Gasteiger partial charge in [0.15, 0.2) is 6.10 Å². The Hall–Kier alpha value is -2.23. The number of ketones is 1. The van der Waals surface area contributed by atoms with Crippen LogP contribution in [-0.4, -0.2) is 57.4 Å². The fourth-order valence-corrected chi connectivity index (χ4v) is 9.05. The van der Waals surface area contributed by atoms with E-state index >= 15 is 0 Å². The Bertz CT molecular complexity index is 1130. The normalized spacial score (nSPS) is 52.1. The van der Waals surface area contributed by atoms with Gasteiger partial charge in [-0.25, -0.2) is 4.79 Å². The van der Waals surface area contributed by atoms with Crippen LogP contribution in [0.25, 0.3) is 0 Å². The van der Waals surface area contributed by atoms with Crippen molar-refractivity contribution in [2.75, 3.05) is 0 Å². The first-order valence-corrected chi connectivity index (χ1v) is 12.3. The number of carbonyl (C=O) groups excluding carboxylic acids is 3. The zero-order chi connectivity index (χ0) is 25.3. The van der Waals surface area contributed by atoms with Gasteiger partial charge in [-0.2, -0.15) is 0 Å². The number of aliphatic hydroxyl groups is 2. The predicted octanol–water partition coefficient (Wildman–Crippen LogP) is 2.09. The molecule has 35 heavy (non-hydrogen) atoms. The second kappa shape index (κ2) is 6.55. The SMILES string of the molecule is CC1(C)OC(=O)C[C@H](O)[C@]2(C)[C@@H]1CC(=O)[C@]1(C)[C@@H]2[C@H](O)C[C@]2(C)[C@H](c3ccoc3)OC(=O)[C@@H]3O[C@@]321. The molecule has 1 aromatic heterocycles. The molecule has 1 spiro atoms. The lowest BCUT2D eigenvalue weighted by Crippen LogP contribution is -2.75. The molecule has 6 rings (SSSR count). The number of carbonyl (C=O) groups is 3. The first kappa shape index (κ1) is 23.2. The van der Waals surface area contributed by atoms with E-state index in [-0.39, 0.29) is 25.0 Å². The Morgan fingerprint density at radius 1 is 1.00 bits per heavy atom. The van der Waals surface area contributed by atoms with Crippen LogP contribution in [0.4, 0.5) is 0 Å². The number of fused-ring (bicyclic) bond motifs is 3. The summed E-state index contributed by atoms with van der Waals surface area (Å²) in [6.07, 6.45) is -0.973. The van der Waals surface area contributed by atoms with E-state index < -0.39 is 75.6 Å². The third kappa shape index (κ3) is 2.42. The molecule has 0 amide bonds. The first-order chi connectivity index (χ1) is 16.2. The summed E-state index contributed by atoms with van der Waals surface area (Å²) < 4.78 is 23.0. The van der Waals surface area contributed by atoms with Gasteiger partial charge in [-0.05, 0) is 33.3 Å². The van der Waals surface area contributed by atoms with Crippen LogP contribution in [0.3, 0.4) is 0 Å². The Balaban J connectivity index is 1.56. The van der Waals surface area contributed by atoms with Crippen molar-refractivity contribution in [1.82, 2.24) is 0 Å². The number of ether oxygens (including phenoxy) is 3. The summed E-state index contributed by atoms with van der Waals surface area (Å²) in [7, 11) is 0. The Morgan fingerprint density at radius 2 is 1.71 bits per heavy atom. The number of esters is 2. The lowest BCUT2D eigenvalue weighted by molar-refractivity contribution is -0.257. The topological polar surface area (TPSA) is 136 Å². The van der Waals surface area contributed by atoms with Crippen LogP contribution in [0.1, 0.15) is 65.5 Å². The molecule has 1 aromatic rings. The Kier molecular flexibility index (Phi) is 4.34. The number of rotatable bonds is 1. The highest BCUT2D eigenvalue weighted by molar-refractivity contribution is 5.93. The quantitative estimate of drug-likeness (QED) is 0.450. The fraction of sp³-hybridized carbons (Fsp3) is 0.731. The summed E-state index contributed by atoms with van der Waals surface area (Å²) in [5.74, 6) is -2.57. The fourth-order valence-electron chi connectivity index (χ4n) is 9.05. The summed E-state index contributed by atoms with van der Waals surface area (Å²) in [6.45, 7) is 9.01. The van der Waals surface area contributed by atoms with Gasteiger partial charge in [-0.3, -0.25) is 9.59 Å². The van der Waals surface area contributed by atoms with Gasteiger partial charge in [0.05, 0.1) is 36.6 Å². The maximum atomic E-state index is 14.2. The molecule has 0 aromatic carbocycles. The van der Waals surface area contributed by atoms with Crippen molar-refractivity contribution >= 4 is 17.7 Å². The van der Waals surface area contributed by atoms with E-state index in [0.717, 1.165) is 0 Å². The summed E-state index contributed by atoms with van der Waals surface area (Å²) >= 11 is 0. The van der Waals surface area contributed by atoms with E-state index in [1.807, 2.05) is 13.8 Å². The van der Waals surface area contributed by atoms with E-state index in [1.165, 1.54) is 12.5 Å². The van der Waals surface area contributed by atoms with Crippen molar-refractivity contribution in [2.45, 2.75) is 89.5 Å². The highest BCUT2D eigenvalue weighted by atomic mass is 16.7. The molecule has 190 valence electrons. The summed E-state index contributed by atoms with van der Waals surface area (Å²) in [5.41, 5.74) is -4.94. The van der Waals surface area contributed by atoms with Gasteiger partial charge in [0, 0.05) is 34.7 Å². The van der Waals surface area contributed by atoms with Crippen LogP contribution < -0.4 is 0 Å². The molecule has 9 nitrogen and oxygen atoms in total. The molecule has 9 heteroatoms. The van der Waals surface area contributed by atoms with Crippen molar-refractivity contribution in [3.8, 4) is 0 Å². The van der Waals surface area contributed by atoms with Gasteiger partial charge in [-0.15, -0.1) is 0 Å². The van der Waals surface area contributed by atoms with Crippen molar-refractivity contribution in [1.29, 1.82) is 0 Å². The van der Waals surface area contributed by atoms with Gasteiger partial charge >= 0.3 is 11.9 Å². The van der Waals surface area contributed by atoms with Gasteiger partial charge in [0.25, 0.3) is 0 Å². The molecule has 5 aliphatic rings.